The number of hydrogen-bond acceptors (Lipinski definition) is 4. The largest absolute Gasteiger partial charge is 0.339 e. The molecule has 2 atom stereocenters. The van der Waals surface area contributed by atoms with E-state index in [1.807, 2.05) is 21.8 Å². The predicted octanol–water partition coefficient (Wildman–Crippen LogP) is 0.471. The van der Waals surface area contributed by atoms with Crippen LogP contribution in [-0.4, -0.2) is 65.2 Å². The highest BCUT2D eigenvalue weighted by molar-refractivity contribution is 7.88. The maximum absolute atomic E-state index is 12.8. The molecule has 2 aliphatic rings. The van der Waals surface area contributed by atoms with E-state index in [0.29, 0.717) is 26.1 Å². The van der Waals surface area contributed by atoms with Crippen LogP contribution in [0.15, 0.2) is 18.5 Å². The number of likely N-dealkylation sites (tertiary alicyclic amines) is 1. The van der Waals surface area contributed by atoms with Gasteiger partial charge in [0.15, 0.2) is 0 Å². The minimum absolute atomic E-state index is 0.0558. The number of sulfonamides is 1. The Labute approximate surface area is 130 Å². The number of aromatic nitrogens is 2. The predicted molar refractivity (Wildman–Crippen MR) is 81.6 cm³/mol. The molecule has 1 amide bonds. The highest BCUT2D eigenvalue weighted by Gasteiger charge is 2.39. The molecule has 0 bridgehead atoms. The van der Waals surface area contributed by atoms with Gasteiger partial charge in [0.2, 0.25) is 15.9 Å². The van der Waals surface area contributed by atoms with E-state index in [2.05, 4.69) is 5.10 Å². The standard InChI is InChI=1S/C14H22N4O3S/c1-22(20,21)18-10-3-6-13(18)14(19)16-8-2-5-12(11-16)17-9-4-7-15-17/h4,7,9,12-13H,2-3,5-6,8,10-11H2,1H3/t12-,13-/m0/s1. The lowest BCUT2D eigenvalue weighted by Gasteiger charge is -2.35. The summed E-state index contributed by atoms with van der Waals surface area (Å²) in [6.45, 7) is 1.75. The van der Waals surface area contributed by atoms with Crippen LogP contribution in [0.3, 0.4) is 0 Å². The van der Waals surface area contributed by atoms with E-state index in [-0.39, 0.29) is 11.9 Å². The van der Waals surface area contributed by atoms with Gasteiger partial charge in [-0.05, 0) is 31.7 Å². The lowest BCUT2D eigenvalue weighted by Crippen LogP contribution is -2.50. The number of carbonyl (C=O) groups excluding carboxylic acids is 1. The lowest BCUT2D eigenvalue weighted by atomic mass is 10.0. The van der Waals surface area contributed by atoms with Gasteiger partial charge in [-0.25, -0.2) is 8.42 Å². The fourth-order valence-electron chi connectivity index (χ4n) is 3.46. The molecular weight excluding hydrogens is 304 g/mol. The Morgan fingerprint density at radius 2 is 2.00 bits per heavy atom. The second-order valence-corrected chi connectivity index (χ2v) is 8.03. The van der Waals surface area contributed by atoms with Crippen LogP contribution in [0.5, 0.6) is 0 Å². The zero-order valence-corrected chi connectivity index (χ0v) is 13.6. The van der Waals surface area contributed by atoms with E-state index in [9.17, 15) is 13.2 Å². The molecule has 7 nitrogen and oxygen atoms in total. The Balaban J connectivity index is 1.72. The average molecular weight is 326 g/mol. The van der Waals surface area contributed by atoms with Crippen molar-refractivity contribution in [3.05, 3.63) is 18.5 Å². The van der Waals surface area contributed by atoms with Crippen LogP contribution in [0.25, 0.3) is 0 Å². The Morgan fingerprint density at radius 3 is 2.68 bits per heavy atom. The number of piperidine rings is 1. The van der Waals surface area contributed by atoms with Gasteiger partial charge in [0.1, 0.15) is 6.04 Å². The molecule has 3 rings (SSSR count). The van der Waals surface area contributed by atoms with E-state index in [1.54, 1.807) is 6.20 Å². The van der Waals surface area contributed by atoms with Crippen LogP contribution in [0.1, 0.15) is 31.7 Å². The van der Waals surface area contributed by atoms with Gasteiger partial charge in [-0.2, -0.15) is 9.40 Å². The number of amides is 1. The van der Waals surface area contributed by atoms with Crippen LogP contribution < -0.4 is 0 Å². The fraction of sp³-hybridized carbons (Fsp3) is 0.714. The summed E-state index contributed by atoms with van der Waals surface area (Å²) in [6, 6.07) is 1.54. The Bertz CT molecular complexity index is 629. The summed E-state index contributed by atoms with van der Waals surface area (Å²) < 4.78 is 26.9. The van der Waals surface area contributed by atoms with Gasteiger partial charge in [0.05, 0.1) is 12.3 Å². The molecule has 0 saturated carbocycles. The molecule has 3 heterocycles. The average Bonchev–Trinajstić information content (AvgIpc) is 3.17. The van der Waals surface area contributed by atoms with Crippen molar-refractivity contribution in [1.29, 1.82) is 0 Å². The summed E-state index contributed by atoms with van der Waals surface area (Å²) in [4.78, 5) is 14.6. The fourth-order valence-corrected chi connectivity index (χ4v) is 4.58. The van der Waals surface area contributed by atoms with Crippen LogP contribution in [0.4, 0.5) is 0 Å². The summed E-state index contributed by atoms with van der Waals surface area (Å²) in [5, 5.41) is 4.26. The van der Waals surface area contributed by atoms with Gasteiger partial charge < -0.3 is 4.90 Å². The smallest absolute Gasteiger partial charge is 0.241 e. The highest BCUT2D eigenvalue weighted by Crippen LogP contribution is 2.26. The summed E-state index contributed by atoms with van der Waals surface area (Å²) in [5.74, 6) is -0.0558. The van der Waals surface area contributed by atoms with Crippen molar-refractivity contribution in [3.63, 3.8) is 0 Å². The summed E-state index contributed by atoms with van der Waals surface area (Å²) >= 11 is 0. The second kappa shape index (κ2) is 6.00. The third kappa shape index (κ3) is 3.03. The SMILES string of the molecule is CS(=O)(=O)N1CCC[C@H]1C(=O)N1CCC[C@H](n2cccn2)C1. The van der Waals surface area contributed by atoms with Crippen LogP contribution >= 0.6 is 0 Å². The van der Waals surface area contributed by atoms with Gasteiger partial charge in [0.25, 0.3) is 0 Å². The summed E-state index contributed by atoms with van der Waals surface area (Å²) in [5.41, 5.74) is 0. The van der Waals surface area contributed by atoms with Crippen LogP contribution in [0.2, 0.25) is 0 Å². The molecular formula is C14H22N4O3S. The maximum Gasteiger partial charge on any atom is 0.241 e. The maximum atomic E-state index is 12.8. The van der Waals surface area contributed by atoms with Crippen molar-refractivity contribution in [2.45, 2.75) is 37.8 Å². The Kier molecular flexibility index (Phi) is 4.22. The number of hydrogen-bond donors (Lipinski definition) is 0. The van der Waals surface area contributed by atoms with E-state index in [4.69, 9.17) is 0 Å². The Morgan fingerprint density at radius 1 is 1.23 bits per heavy atom. The quantitative estimate of drug-likeness (QED) is 0.809. The Hall–Kier alpha value is -1.41. The summed E-state index contributed by atoms with van der Waals surface area (Å²) in [7, 11) is -3.32. The zero-order chi connectivity index (χ0) is 15.7. The molecule has 2 saturated heterocycles. The van der Waals surface area contributed by atoms with Gasteiger partial charge >= 0.3 is 0 Å². The molecule has 0 spiro atoms. The molecule has 22 heavy (non-hydrogen) atoms. The zero-order valence-electron chi connectivity index (χ0n) is 12.8. The molecule has 2 aliphatic heterocycles. The lowest BCUT2D eigenvalue weighted by molar-refractivity contribution is -0.136. The minimum atomic E-state index is -3.32. The van der Waals surface area contributed by atoms with Gasteiger partial charge in [-0.1, -0.05) is 0 Å². The number of rotatable bonds is 3. The third-order valence-corrected chi connectivity index (χ3v) is 5.81. The topological polar surface area (TPSA) is 75.5 Å². The monoisotopic (exact) mass is 326 g/mol. The second-order valence-electron chi connectivity index (χ2n) is 6.10. The molecule has 2 fully saturated rings. The highest BCUT2D eigenvalue weighted by atomic mass is 32.2. The molecule has 8 heteroatoms. The van der Waals surface area contributed by atoms with Gasteiger partial charge in [-0.15, -0.1) is 0 Å². The first-order valence-electron chi connectivity index (χ1n) is 7.71. The van der Waals surface area contributed by atoms with Gasteiger partial charge in [0, 0.05) is 32.0 Å². The van der Waals surface area contributed by atoms with E-state index in [1.165, 1.54) is 10.6 Å². The molecule has 0 N–H and O–H groups in total. The van der Waals surface area contributed by atoms with Crippen molar-refractivity contribution < 1.29 is 13.2 Å². The molecule has 0 aliphatic carbocycles. The number of carbonyl (C=O) groups is 1. The number of nitrogens with zero attached hydrogens (tertiary/aromatic N) is 4. The van der Waals surface area contributed by atoms with E-state index >= 15 is 0 Å². The van der Waals surface area contributed by atoms with Crippen molar-refractivity contribution in [3.8, 4) is 0 Å². The van der Waals surface area contributed by atoms with Crippen molar-refractivity contribution in [1.82, 2.24) is 19.0 Å². The molecule has 122 valence electrons. The molecule has 0 radical (unpaired) electrons. The van der Waals surface area contributed by atoms with E-state index in [0.717, 1.165) is 19.3 Å². The van der Waals surface area contributed by atoms with Crippen molar-refractivity contribution in [2.24, 2.45) is 0 Å². The third-order valence-electron chi connectivity index (χ3n) is 4.52. The van der Waals surface area contributed by atoms with Crippen LogP contribution in [0, 0.1) is 0 Å². The van der Waals surface area contributed by atoms with Crippen molar-refractivity contribution >= 4 is 15.9 Å². The molecule has 0 unspecified atom stereocenters. The van der Waals surface area contributed by atoms with Gasteiger partial charge in [-0.3, -0.25) is 9.48 Å². The van der Waals surface area contributed by atoms with Crippen LogP contribution in [-0.2, 0) is 14.8 Å². The van der Waals surface area contributed by atoms with Crippen molar-refractivity contribution in [2.75, 3.05) is 25.9 Å². The molecule has 1 aromatic rings. The first-order chi connectivity index (χ1) is 10.5. The summed E-state index contributed by atoms with van der Waals surface area (Å²) in [6.07, 6.45) is 8.12. The van der Waals surface area contributed by atoms with E-state index < -0.39 is 16.1 Å². The normalized spacial score (nSPS) is 27.2. The first kappa shape index (κ1) is 15.5. The molecule has 0 aromatic carbocycles. The first-order valence-corrected chi connectivity index (χ1v) is 9.56. The molecule has 1 aromatic heterocycles. The minimum Gasteiger partial charge on any atom is -0.339 e.